The number of nitrogens with zero attached hydrogens (tertiary/aromatic N) is 1. The molecule has 66 valence electrons. The van der Waals surface area contributed by atoms with E-state index in [4.69, 9.17) is 0 Å². The zero-order valence-electron chi connectivity index (χ0n) is 6.91. The molecule has 4 heteroatoms. The third-order valence-corrected chi connectivity index (χ3v) is 4.30. The van der Waals surface area contributed by atoms with Crippen LogP contribution in [0.1, 0.15) is 28.6 Å². The Morgan fingerprint density at radius 2 is 2.42 bits per heavy atom. The van der Waals surface area contributed by atoms with Gasteiger partial charge in [0.1, 0.15) is 11.1 Å². The molecule has 1 aromatic heterocycles. The van der Waals surface area contributed by atoms with Crippen molar-refractivity contribution in [1.29, 1.82) is 0 Å². The molecule has 1 aliphatic heterocycles. The fourth-order valence-corrected chi connectivity index (χ4v) is 3.39. The van der Waals surface area contributed by atoms with E-state index in [9.17, 15) is 5.11 Å². The third kappa shape index (κ3) is 1.51. The standard InChI is InChI=1S/C8H11NOS2/c1-5(10)8-9-6-2-3-11-4-7(6)12-8/h5,10H,2-4H2,1H3. The van der Waals surface area contributed by atoms with Crippen molar-refractivity contribution in [3.05, 3.63) is 15.6 Å². The van der Waals surface area contributed by atoms with Gasteiger partial charge in [-0.05, 0) is 19.1 Å². The number of aliphatic hydroxyl groups is 1. The van der Waals surface area contributed by atoms with E-state index in [1.807, 2.05) is 11.8 Å². The minimum absolute atomic E-state index is 0.398. The molecule has 0 aromatic carbocycles. The van der Waals surface area contributed by atoms with Gasteiger partial charge in [0.2, 0.25) is 0 Å². The van der Waals surface area contributed by atoms with Gasteiger partial charge in [-0.25, -0.2) is 4.98 Å². The summed E-state index contributed by atoms with van der Waals surface area (Å²) in [5.41, 5.74) is 1.22. The topological polar surface area (TPSA) is 33.1 Å². The number of rotatable bonds is 1. The van der Waals surface area contributed by atoms with Crippen LogP contribution in [0.25, 0.3) is 0 Å². The highest BCUT2D eigenvalue weighted by atomic mass is 32.2. The van der Waals surface area contributed by atoms with Gasteiger partial charge in [-0.2, -0.15) is 11.8 Å². The number of aromatic nitrogens is 1. The van der Waals surface area contributed by atoms with Crippen molar-refractivity contribution in [2.75, 3.05) is 5.75 Å². The van der Waals surface area contributed by atoms with E-state index in [1.165, 1.54) is 16.3 Å². The molecule has 2 heterocycles. The highest BCUT2D eigenvalue weighted by Gasteiger charge is 2.16. The second-order valence-corrected chi connectivity index (χ2v) is 5.12. The molecular weight excluding hydrogens is 190 g/mol. The first-order chi connectivity index (χ1) is 5.77. The van der Waals surface area contributed by atoms with E-state index in [0.717, 1.165) is 17.2 Å². The monoisotopic (exact) mass is 201 g/mol. The molecule has 0 radical (unpaired) electrons. The molecule has 0 amide bonds. The van der Waals surface area contributed by atoms with Gasteiger partial charge in [-0.15, -0.1) is 11.3 Å². The highest BCUT2D eigenvalue weighted by molar-refractivity contribution is 7.98. The fourth-order valence-electron chi connectivity index (χ4n) is 1.22. The lowest BCUT2D eigenvalue weighted by atomic mass is 10.3. The van der Waals surface area contributed by atoms with Gasteiger partial charge >= 0.3 is 0 Å². The van der Waals surface area contributed by atoms with Crippen molar-refractivity contribution in [3.8, 4) is 0 Å². The van der Waals surface area contributed by atoms with Crippen LogP contribution in [0.2, 0.25) is 0 Å². The Balaban J connectivity index is 2.32. The number of hydrogen-bond donors (Lipinski definition) is 1. The summed E-state index contributed by atoms with van der Waals surface area (Å²) in [6.45, 7) is 1.78. The predicted molar refractivity (Wildman–Crippen MR) is 52.6 cm³/mol. The smallest absolute Gasteiger partial charge is 0.121 e. The van der Waals surface area contributed by atoms with Gasteiger partial charge in [0.25, 0.3) is 0 Å². The number of thioether (sulfide) groups is 1. The summed E-state index contributed by atoms with van der Waals surface area (Å²) in [6.07, 6.45) is 0.675. The lowest BCUT2D eigenvalue weighted by Crippen LogP contribution is -1.99. The quantitative estimate of drug-likeness (QED) is 0.754. The normalized spacial score (nSPS) is 18.8. The molecule has 1 aliphatic rings. The van der Waals surface area contributed by atoms with Gasteiger partial charge in [-0.1, -0.05) is 0 Å². The van der Waals surface area contributed by atoms with E-state index in [0.29, 0.717) is 0 Å². The molecular formula is C8H11NOS2. The predicted octanol–water partition coefficient (Wildman–Crippen LogP) is 1.99. The van der Waals surface area contributed by atoms with E-state index in [-0.39, 0.29) is 0 Å². The Labute approximate surface area is 80.0 Å². The number of aryl methyl sites for hydroxylation is 1. The van der Waals surface area contributed by atoms with Gasteiger partial charge in [0.05, 0.1) is 5.69 Å². The van der Waals surface area contributed by atoms with Crippen molar-refractivity contribution in [2.24, 2.45) is 0 Å². The van der Waals surface area contributed by atoms with Crippen LogP contribution >= 0.6 is 23.1 Å². The van der Waals surface area contributed by atoms with Crippen LogP contribution in [-0.2, 0) is 12.2 Å². The van der Waals surface area contributed by atoms with Gasteiger partial charge in [0.15, 0.2) is 0 Å². The summed E-state index contributed by atoms with van der Waals surface area (Å²) in [5, 5.41) is 10.2. The van der Waals surface area contributed by atoms with Crippen LogP contribution in [-0.4, -0.2) is 15.8 Å². The van der Waals surface area contributed by atoms with Crippen LogP contribution in [0.4, 0.5) is 0 Å². The van der Waals surface area contributed by atoms with E-state index in [1.54, 1.807) is 18.3 Å². The molecule has 1 atom stereocenters. The maximum Gasteiger partial charge on any atom is 0.121 e. The average molecular weight is 201 g/mol. The molecule has 12 heavy (non-hydrogen) atoms. The van der Waals surface area contributed by atoms with Crippen LogP contribution in [0, 0.1) is 0 Å². The maximum atomic E-state index is 9.31. The summed E-state index contributed by atoms with van der Waals surface area (Å²) < 4.78 is 0. The number of aliphatic hydroxyl groups excluding tert-OH is 1. The van der Waals surface area contributed by atoms with Crippen LogP contribution in [0.3, 0.4) is 0 Å². The van der Waals surface area contributed by atoms with E-state index < -0.39 is 6.10 Å². The molecule has 0 saturated heterocycles. The van der Waals surface area contributed by atoms with Crippen molar-refractivity contribution >= 4 is 23.1 Å². The van der Waals surface area contributed by atoms with Crippen LogP contribution in [0.15, 0.2) is 0 Å². The number of hydrogen-bond acceptors (Lipinski definition) is 4. The zero-order chi connectivity index (χ0) is 8.55. The Bertz CT molecular complexity index is 259. The van der Waals surface area contributed by atoms with Gasteiger partial charge in [-0.3, -0.25) is 0 Å². The molecule has 0 aliphatic carbocycles. The maximum absolute atomic E-state index is 9.31. The van der Waals surface area contributed by atoms with Crippen molar-refractivity contribution < 1.29 is 5.11 Å². The minimum atomic E-state index is -0.398. The Morgan fingerprint density at radius 1 is 1.58 bits per heavy atom. The van der Waals surface area contributed by atoms with E-state index >= 15 is 0 Å². The van der Waals surface area contributed by atoms with Gasteiger partial charge in [0, 0.05) is 10.6 Å². The van der Waals surface area contributed by atoms with Gasteiger partial charge < -0.3 is 5.11 Å². The molecule has 2 nitrogen and oxygen atoms in total. The molecule has 2 rings (SSSR count). The summed E-state index contributed by atoms with van der Waals surface area (Å²) in [7, 11) is 0. The summed E-state index contributed by atoms with van der Waals surface area (Å²) >= 11 is 3.61. The lowest BCUT2D eigenvalue weighted by molar-refractivity contribution is 0.198. The van der Waals surface area contributed by atoms with Crippen LogP contribution in [0.5, 0.6) is 0 Å². The molecule has 0 spiro atoms. The SMILES string of the molecule is CC(O)c1nc2c(s1)CSCC2. The first kappa shape index (κ1) is 8.53. The largest absolute Gasteiger partial charge is 0.386 e. The average Bonchev–Trinajstić information content (AvgIpc) is 2.46. The highest BCUT2D eigenvalue weighted by Crippen LogP contribution is 2.31. The minimum Gasteiger partial charge on any atom is -0.386 e. The summed E-state index contributed by atoms with van der Waals surface area (Å²) in [5.74, 6) is 2.26. The summed E-state index contributed by atoms with van der Waals surface area (Å²) in [4.78, 5) is 5.77. The molecule has 1 unspecified atom stereocenters. The number of fused-ring (bicyclic) bond motifs is 1. The molecule has 1 aromatic rings. The molecule has 0 fully saturated rings. The van der Waals surface area contributed by atoms with Crippen LogP contribution < -0.4 is 0 Å². The second-order valence-electron chi connectivity index (χ2n) is 2.90. The second kappa shape index (κ2) is 3.36. The first-order valence-electron chi connectivity index (χ1n) is 4.01. The Hall–Kier alpha value is -0.0600. The number of thiazole rings is 1. The van der Waals surface area contributed by atoms with Crippen molar-refractivity contribution in [3.63, 3.8) is 0 Å². The lowest BCUT2D eigenvalue weighted by Gasteiger charge is -2.06. The Kier molecular flexibility index (Phi) is 2.39. The first-order valence-corrected chi connectivity index (χ1v) is 5.99. The van der Waals surface area contributed by atoms with Crippen molar-refractivity contribution in [2.45, 2.75) is 25.2 Å². The molecule has 1 N–H and O–H groups in total. The third-order valence-electron chi connectivity index (χ3n) is 1.87. The fraction of sp³-hybridized carbons (Fsp3) is 0.625. The van der Waals surface area contributed by atoms with E-state index in [2.05, 4.69) is 4.98 Å². The zero-order valence-corrected chi connectivity index (χ0v) is 8.54. The molecule has 0 saturated carbocycles. The molecule has 0 bridgehead atoms. The summed E-state index contributed by atoms with van der Waals surface area (Å²) in [6, 6.07) is 0. The Morgan fingerprint density at radius 3 is 3.08 bits per heavy atom. The van der Waals surface area contributed by atoms with Crippen molar-refractivity contribution in [1.82, 2.24) is 4.98 Å².